The van der Waals surface area contributed by atoms with Crippen LogP contribution >= 0.6 is 0 Å². The maximum absolute atomic E-state index is 11.4. The van der Waals surface area contributed by atoms with Gasteiger partial charge in [-0.3, -0.25) is 4.98 Å². The number of aliphatic hydroxyl groups excluding tert-OH is 1. The third-order valence-corrected chi connectivity index (χ3v) is 5.11. The normalized spacial score (nSPS) is 14.4. The Labute approximate surface area is 176 Å². The largest absolute Gasteiger partial charge is 0.479 e. The van der Waals surface area contributed by atoms with E-state index in [1.807, 2.05) is 37.4 Å². The molecule has 1 aromatic carbocycles. The molecule has 0 aliphatic heterocycles. The molecular weight excluding hydrogens is 382 g/mol. The number of para-hydroxylation sites is 1. The molecule has 7 heteroatoms. The van der Waals surface area contributed by atoms with E-state index in [1.54, 1.807) is 18.5 Å². The van der Waals surface area contributed by atoms with E-state index in [0.717, 1.165) is 34.9 Å². The minimum atomic E-state index is -0.953. The summed E-state index contributed by atoms with van der Waals surface area (Å²) in [5, 5.41) is 24.1. The van der Waals surface area contributed by atoms with Gasteiger partial charge in [0.15, 0.2) is 6.10 Å². The van der Waals surface area contributed by atoms with E-state index in [0.29, 0.717) is 18.7 Å². The van der Waals surface area contributed by atoms with Crippen LogP contribution in [0.25, 0.3) is 10.9 Å². The van der Waals surface area contributed by atoms with E-state index in [4.69, 9.17) is 4.74 Å². The molecule has 0 saturated heterocycles. The Morgan fingerprint density at radius 2 is 2.13 bits per heavy atom. The molecule has 2 aromatic heterocycles. The smallest absolute Gasteiger partial charge is 0.344 e. The van der Waals surface area contributed by atoms with Crippen molar-refractivity contribution in [3.63, 3.8) is 0 Å². The van der Waals surface area contributed by atoms with Crippen LogP contribution in [-0.4, -0.2) is 44.8 Å². The van der Waals surface area contributed by atoms with Crippen LogP contribution in [0, 0.1) is 0 Å². The van der Waals surface area contributed by atoms with Crippen LogP contribution in [0.15, 0.2) is 48.9 Å². The molecule has 0 radical (unpaired) electrons. The number of pyridine rings is 1. The fourth-order valence-electron chi connectivity index (χ4n) is 3.51. The van der Waals surface area contributed by atoms with Gasteiger partial charge in [0.25, 0.3) is 0 Å². The molecule has 1 unspecified atom stereocenters. The monoisotopic (exact) mass is 411 g/mol. The van der Waals surface area contributed by atoms with Crippen molar-refractivity contribution in [3.05, 3.63) is 60.0 Å². The Morgan fingerprint density at radius 1 is 1.30 bits per heavy atom. The number of aliphatic carboxylic acids is 1. The molecule has 4 N–H and O–H groups in total. The standard InChI is InChI=1S/C23H29N3O4/c1-3-6-21(23(28)29)30-20-9-4-8-18-17(13-26-22(18)20)11-15(2)25-14-19(27)16-7-5-10-24-12-16/h4-5,7-10,12-13,15,19,21,25-27H,3,6,11,14H2,1-2H3,(H,28,29)/t15-,19-,21?/m1/s1. The Balaban J connectivity index is 1.66. The highest BCUT2D eigenvalue weighted by Crippen LogP contribution is 2.29. The molecule has 160 valence electrons. The van der Waals surface area contributed by atoms with Crippen LogP contribution in [-0.2, 0) is 11.2 Å². The van der Waals surface area contributed by atoms with E-state index < -0.39 is 18.2 Å². The number of aromatic nitrogens is 2. The van der Waals surface area contributed by atoms with Crippen LogP contribution < -0.4 is 10.1 Å². The zero-order valence-electron chi connectivity index (χ0n) is 17.3. The van der Waals surface area contributed by atoms with Gasteiger partial charge in [-0.1, -0.05) is 31.5 Å². The fraction of sp³-hybridized carbons (Fsp3) is 0.391. The van der Waals surface area contributed by atoms with Crippen LogP contribution in [0.3, 0.4) is 0 Å². The van der Waals surface area contributed by atoms with Crippen LogP contribution in [0.4, 0.5) is 0 Å². The second kappa shape index (κ2) is 10.2. The molecule has 0 amide bonds. The third-order valence-electron chi connectivity index (χ3n) is 5.11. The number of carbonyl (C=O) groups is 1. The average Bonchev–Trinajstić information content (AvgIpc) is 3.16. The number of benzene rings is 1. The molecule has 7 nitrogen and oxygen atoms in total. The summed E-state index contributed by atoms with van der Waals surface area (Å²) in [6, 6.07) is 9.47. The number of nitrogens with zero attached hydrogens (tertiary/aromatic N) is 1. The quantitative estimate of drug-likeness (QED) is 0.385. The number of carboxylic acid groups (broad SMARTS) is 1. The lowest BCUT2D eigenvalue weighted by atomic mass is 10.1. The number of aromatic amines is 1. The summed E-state index contributed by atoms with van der Waals surface area (Å²) in [5.41, 5.74) is 2.69. The molecule has 0 saturated carbocycles. The summed E-state index contributed by atoms with van der Waals surface area (Å²) in [5.74, 6) is -0.405. The molecule has 3 aromatic rings. The lowest BCUT2D eigenvalue weighted by Crippen LogP contribution is -2.32. The highest BCUT2D eigenvalue weighted by molar-refractivity contribution is 5.88. The molecule has 0 aliphatic carbocycles. The van der Waals surface area contributed by atoms with Gasteiger partial charge in [-0.2, -0.15) is 0 Å². The summed E-state index contributed by atoms with van der Waals surface area (Å²) in [6.45, 7) is 4.43. The lowest BCUT2D eigenvalue weighted by molar-refractivity contribution is -0.145. The van der Waals surface area contributed by atoms with E-state index in [-0.39, 0.29) is 6.04 Å². The minimum absolute atomic E-state index is 0.131. The van der Waals surface area contributed by atoms with Crippen molar-refractivity contribution < 1.29 is 19.7 Å². The Kier molecular flexibility index (Phi) is 7.43. The van der Waals surface area contributed by atoms with Crippen molar-refractivity contribution >= 4 is 16.9 Å². The Morgan fingerprint density at radius 3 is 2.83 bits per heavy atom. The number of hydrogen-bond acceptors (Lipinski definition) is 5. The molecule has 3 atom stereocenters. The molecule has 3 rings (SSSR count). The maximum Gasteiger partial charge on any atom is 0.344 e. The number of carboxylic acids is 1. The predicted octanol–water partition coefficient (Wildman–Crippen LogP) is 3.45. The Bertz CT molecular complexity index is 957. The van der Waals surface area contributed by atoms with Gasteiger partial charge in [0, 0.05) is 42.1 Å². The maximum atomic E-state index is 11.4. The molecule has 2 heterocycles. The highest BCUT2D eigenvalue weighted by atomic mass is 16.5. The highest BCUT2D eigenvalue weighted by Gasteiger charge is 2.20. The molecule has 0 spiro atoms. The topological polar surface area (TPSA) is 107 Å². The number of ether oxygens (including phenoxy) is 1. The number of fused-ring (bicyclic) bond motifs is 1. The number of nitrogens with one attached hydrogen (secondary N) is 2. The van der Waals surface area contributed by atoms with Gasteiger partial charge >= 0.3 is 5.97 Å². The zero-order chi connectivity index (χ0) is 21.5. The first-order chi connectivity index (χ1) is 14.5. The second-order valence-electron chi connectivity index (χ2n) is 7.54. The Hall–Kier alpha value is -2.90. The van der Waals surface area contributed by atoms with Gasteiger partial charge < -0.3 is 25.3 Å². The van der Waals surface area contributed by atoms with E-state index in [2.05, 4.69) is 22.2 Å². The van der Waals surface area contributed by atoms with Gasteiger partial charge in [-0.25, -0.2) is 4.79 Å². The lowest BCUT2D eigenvalue weighted by Gasteiger charge is -2.17. The first-order valence-corrected chi connectivity index (χ1v) is 10.3. The average molecular weight is 412 g/mol. The molecule has 0 fully saturated rings. The van der Waals surface area contributed by atoms with Crippen LogP contribution in [0.2, 0.25) is 0 Å². The van der Waals surface area contributed by atoms with Gasteiger partial charge in [0.1, 0.15) is 5.75 Å². The van der Waals surface area contributed by atoms with Gasteiger partial charge in [-0.15, -0.1) is 0 Å². The second-order valence-corrected chi connectivity index (χ2v) is 7.54. The van der Waals surface area contributed by atoms with Crippen LogP contribution in [0.1, 0.15) is 43.9 Å². The number of aliphatic hydroxyl groups is 1. The predicted molar refractivity (Wildman–Crippen MR) is 116 cm³/mol. The SMILES string of the molecule is CCCC(Oc1cccc2c(C[C@@H](C)NC[C@@H](O)c3cccnc3)c[nH]c12)C(=O)O. The minimum Gasteiger partial charge on any atom is -0.479 e. The van der Waals surface area contributed by atoms with Gasteiger partial charge in [0.2, 0.25) is 0 Å². The molecule has 0 bridgehead atoms. The summed E-state index contributed by atoms with van der Waals surface area (Å²) < 4.78 is 5.79. The zero-order valence-corrected chi connectivity index (χ0v) is 17.3. The molecule has 30 heavy (non-hydrogen) atoms. The third kappa shape index (κ3) is 5.37. The van der Waals surface area contributed by atoms with Gasteiger partial charge in [0.05, 0.1) is 11.6 Å². The molecule has 0 aliphatic rings. The van der Waals surface area contributed by atoms with E-state index in [1.165, 1.54) is 0 Å². The number of H-pyrrole nitrogens is 1. The van der Waals surface area contributed by atoms with Gasteiger partial charge in [-0.05, 0) is 37.5 Å². The summed E-state index contributed by atoms with van der Waals surface area (Å²) >= 11 is 0. The first-order valence-electron chi connectivity index (χ1n) is 10.3. The number of hydrogen-bond donors (Lipinski definition) is 4. The molecular formula is C23H29N3O4. The number of rotatable bonds is 11. The van der Waals surface area contributed by atoms with Crippen molar-refractivity contribution in [2.24, 2.45) is 0 Å². The van der Waals surface area contributed by atoms with E-state index in [9.17, 15) is 15.0 Å². The van der Waals surface area contributed by atoms with Crippen LogP contribution in [0.5, 0.6) is 5.75 Å². The van der Waals surface area contributed by atoms with E-state index >= 15 is 0 Å². The van der Waals surface area contributed by atoms with Crippen molar-refractivity contribution in [1.29, 1.82) is 0 Å². The first kappa shape index (κ1) is 21.8. The fourth-order valence-corrected chi connectivity index (χ4v) is 3.51. The van der Waals surface area contributed by atoms with Crippen molar-refractivity contribution in [3.8, 4) is 5.75 Å². The summed E-state index contributed by atoms with van der Waals surface area (Å²) in [6.07, 6.45) is 5.75. The van der Waals surface area contributed by atoms with Crippen molar-refractivity contribution in [2.45, 2.75) is 51.4 Å². The summed E-state index contributed by atoms with van der Waals surface area (Å²) in [7, 11) is 0. The van der Waals surface area contributed by atoms with Crippen molar-refractivity contribution in [2.75, 3.05) is 6.54 Å². The summed E-state index contributed by atoms with van der Waals surface area (Å²) in [4.78, 5) is 18.7. The van der Waals surface area contributed by atoms with Crippen molar-refractivity contribution in [1.82, 2.24) is 15.3 Å².